The number of carbonyl (C=O) groups is 1. The van der Waals surface area contributed by atoms with Gasteiger partial charge in [0.25, 0.3) is 5.91 Å². The number of benzene rings is 1. The average Bonchev–Trinajstić information content (AvgIpc) is 2.37. The van der Waals surface area contributed by atoms with Crippen LogP contribution in [0.5, 0.6) is 0 Å². The highest BCUT2D eigenvalue weighted by atomic mass is 79.9. The van der Waals surface area contributed by atoms with E-state index in [0.717, 1.165) is 0 Å². The minimum atomic E-state index is -0.574. The Balaban J connectivity index is 2.72. The fourth-order valence-corrected chi connectivity index (χ4v) is 1.99. The summed E-state index contributed by atoms with van der Waals surface area (Å²) in [7, 11) is 1.57. The van der Waals surface area contributed by atoms with E-state index >= 15 is 0 Å². The van der Waals surface area contributed by atoms with Crippen LogP contribution in [0.15, 0.2) is 22.7 Å². The van der Waals surface area contributed by atoms with E-state index in [-0.39, 0.29) is 22.0 Å². The van der Waals surface area contributed by atoms with Crippen LogP contribution in [0, 0.1) is 5.82 Å². The van der Waals surface area contributed by atoms with Gasteiger partial charge in [-0.1, -0.05) is 6.07 Å². The molecule has 0 aliphatic rings. The molecule has 0 fully saturated rings. The number of methoxy groups -OCH3 is 1. The number of halogens is 3. The van der Waals surface area contributed by atoms with Gasteiger partial charge in [0.05, 0.1) is 10.0 Å². The predicted molar refractivity (Wildman–Crippen MR) is 72.6 cm³/mol. The molecule has 18 heavy (non-hydrogen) atoms. The number of hydrogen-bond donors (Lipinski definition) is 1. The fourth-order valence-electron chi connectivity index (χ4n) is 1.39. The molecule has 0 aliphatic heterocycles. The Morgan fingerprint density at radius 1 is 1.61 bits per heavy atom. The van der Waals surface area contributed by atoms with Gasteiger partial charge in [-0.2, -0.15) is 0 Å². The monoisotopic (exact) mass is 337 g/mol. The van der Waals surface area contributed by atoms with Gasteiger partial charge in [-0.25, -0.2) is 4.39 Å². The zero-order valence-electron chi connectivity index (χ0n) is 9.88. The molecule has 1 atom stereocenters. The zero-order valence-corrected chi connectivity index (χ0v) is 12.2. The first-order valence-corrected chi connectivity index (χ1v) is 6.72. The minimum absolute atomic E-state index is 0.00286. The molecule has 1 N–H and O–H groups in total. The first kappa shape index (κ1) is 15.4. The lowest BCUT2D eigenvalue weighted by atomic mass is 10.1. The highest BCUT2D eigenvalue weighted by Gasteiger charge is 2.17. The van der Waals surface area contributed by atoms with Crippen molar-refractivity contribution in [1.29, 1.82) is 0 Å². The Labute approximate surface area is 119 Å². The van der Waals surface area contributed by atoms with Crippen molar-refractivity contribution in [3.8, 4) is 0 Å². The number of rotatable bonds is 6. The largest absolute Gasteiger partial charge is 0.385 e. The van der Waals surface area contributed by atoms with Crippen LogP contribution in [0.25, 0.3) is 0 Å². The summed E-state index contributed by atoms with van der Waals surface area (Å²) < 4.78 is 18.9. The highest BCUT2D eigenvalue weighted by molar-refractivity contribution is 9.10. The van der Waals surface area contributed by atoms with E-state index in [0.29, 0.717) is 13.0 Å². The third-order valence-corrected chi connectivity index (χ3v) is 3.37. The van der Waals surface area contributed by atoms with Crippen molar-refractivity contribution in [3.05, 3.63) is 34.1 Å². The quantitative estimate of drug-likeness (QED) is 0.810. The van der Waals surface area contributed by atoms with E-state index in [1.54, 1.807) is 13.2 Å². The van der Waals surface area contributed by atoms with E-state index in [1.807, 2.05) is 0 Å². The van der Waals surface area contributed by atoms with Crippen LogP contribution in [0.2, 0.25) is 0 Å². The normalized spacial score (nSPS) is 12.2. The van der Waals surface area contributed by atoms with Gasteiger partial charge < -0.3 is 10.1 Å². The summed E-state index contributed by atoms with van der Waals surface area (Å²) in [5, 5.41) is 2.67. The summed E-state index contributed by atoms with van der Waals surface area (Å²) in [5.74, 6) is -0.796. The summed E-state index contributed by atoms with van der Waals surface area (Å²) in [6, 6.07) is 4.33. The number of hydrogen-bond acceptors (Lipinski definition) is 2. The lowest BCUT2D eigenvalue weighted by Crippen LogP contribution is -2.37. The maximum atomic E-state index is 13.7. The van der Waals surface area contributed by atoms with Crippen LogP contribution in [0.1, 0.15) is 16.8 Å². The molecule has 1 amide bonds. The number of amides is 1. The van der Waals surface area contributed by atoms with E-state index in [9.17, 15) is 9.18 Å². The van der Waals surface area contributed by atoms with E-state index < -0.39 is 11.7 Å². The molecule has 0 radical (unpaired) electrons. The van der Waals surface area contributed by atoms with Crippen LogP contribution < -0.4 is 5.32 Å². The maximum absolute atomic E-state index is 13.7. The SMILES string of the molecule is COCCC(CCl)NC(=O)c1cccc(Br)c1F. The van der Waals surface area contributed by atoms with Crippen molar-refractivity contribution in [3.63, 3.8) is 0 Å². The van der Waals surface area contributed by atoms with Crippen LogP contribution >= 0.6 is 27.5 Å². The predicted octanol–water partition coefficient (Wildman–Crippen LogP) is 2.96. The third kappa shape index (κ3) is 4.23. The molecule has 0 aromatic heterocycles. The van der Waals surface area contributed by atoms with Gasteiger partial charge in [-0.05, 0) is 34.5 Å². The molecule has 1 rings (SSSR count). The zero-order chi connectivity index (χ0) is 13.5. The average molecular weight is 339 g/mol. The molecule has 1 aromatic carbocycles. The smallest absolute Gasteiger partial charge is 0.254 e. The fraction of sp³-hybridized carbons (Fsp3) is 0.417. The Bertz CT molecular complexity index is 417. The second-order valence-corrected chi connectivity index (χ2v) is 4.87. The molecular weight excluding hydrogens is 324 g/mol. The molecule has 0 heterocycles. The molecular formula is C12H14BrClFNO2. The van der Waals surface area contributed by atoms with Gasteiger partial charge in [-0.3, -0.25) is 4.79 Å². The van der Waals surface area contributed by atoms with Crippen LogP contribution in [0.3, 0.4) is 0 Å². The van der Waals surface area contributed by atoms with Crippen molar-refractivity contribution in [1.82, 2.24) is 5.32 Å². The minimum Gasteiger partial charge on any atom is -0.385 e. The standard InChI is InChI=1S/C12H14BrClFNO2/c1-18-6-5-8(7-14)16-12(17)9-3-2-4-10(13)11(9)15/h2-4,8H,5-7H2,1H3,(H,16,17). The first-order valence-electron chi connectivity index (χ1n) is 5.40. The lowest BCUT2D eigenvalue weighted by molar-refractivity contribution is 0.0926. The Kier molecular flexibility index (Phi) is 6.60. The molecule has 0 spiro atoms. The molecule has 0 aliphatic carbocycles. The van der Waals surface area contributed by atoms with Gasteiger partial charge in [0.1, 0.15) is 5.82 Å². The molecule has 6 heteroatoms. The number of ether oxygens (including phenoxy) is 1. The van der Waals surface area contributed by atoms with Crippen LogP contribution in [-0.2, 0) is 4.74 Å². The molecule has 0 saturated carbocycles. The van der Waals surface area contributed by atoms with Gasteiger partial charge in [0, 0.05) is 25.6 Å². The third-order valence-electron chi connectivity index (χ3n) is 2.39. The summed E-state index contributed by atoms with van der Waals surface area (Å²) in [5.41, 5.74) is -0.00286. The second-order valence-electron chi connectivity index (χ2n) is 3.71. The Morgan fingerprint density at radius 2 is 2.33 bits per heavy atom. The topological polar surface area (TPSA) is 38.3 Å². The number of carbonyl (C=O) groups excluding carboxylic acids is 1. The molecule has 1 aromatic rings. The molecule has 100 valence electrons. The summed E-state index contributed by atoms with van der Waals surface area (Å²) >= 11 is 8.77. The number of alkyl halides is 1. The summed E-state index contributed by atoms with van der Waals surface area (Å²) in [6.45, 7) is 0.485. The summed E-state index contributed by atoms with van der Waals surface area (Å²) in [6.07, 6.45) is 0.585. The number of nitrogens with one attached hydrogen (secondary N) is 1. The molecule has 3 nitrogen and oxygen atoms in total. The second kappa shape index (κ2) is 7.71. The van der Waals surface area contributed by atoms with Crippen molar-refractivity contribution >= 4 is 33.4 Å². The van der Waals surface area contributed by atoms with Crippen molar-refractivity contribution in [2.75, 3.05) is 19.6 Å². The van der Waals surface area contributed by atoms with Crippen LogP contribution in [0.4, 0.5) is 4.39 Å². The van der Waals surface area contributed by atoms with Crippen molar-refractivity contribution in [2.45, 2.75) is 12.5 Å². The van der Waals surface area contributed by atoms with E-state index in [1.165, 1.54) is 12.1 Å². The van der Waals surface area contributed by atoms with Crippen LogP contribution in [-0.4, -0.2) is 31.5 Å². The van der Waals surface area contributed by atoms with Gasteiger partial charge in [0.2, 0.25) is 0 Å². The maximum Gasteiger partial charge on any atom is 0.254 e. The Morgan fingerprint density at radius 3 is 2.94 bits per heavy atom. The molecule has 0 saturated heterocycles. The van der Waals surface area contributed by atoms with Gasteiger partial charge in [0.15, 0.2) is 0 Å². The highest BCUT2D eigenvalue weighted by Crippen LogP contribution is 2.18. The molecule has 1 unspecified atom stereocenters. The molecule has 0 bridgehead atoms. The van der Waals surface area contributed by atoms with E-state index in [2.05, 4.69) is 21.2 Å². The van der Waals surface area contributed by atoms with Gasteiger partial charge in [-0.15, -0.1) is 11.6 Å². The lowest BCUT2D eigenvalue weighted by Gasteiger charge is -2.16. The van der Waals surface area contributed by atoms with E-state index in [4.69, 9.17) is 16.3 Å². The summed E-state index contributed by atoms with van der Waals surface area (Å²) in [4.78, 5) is 11.9. The van der Waals surface area contributed by atoms with Gasteiger partial charge >= 0.3 is 0 Å². The van der Waals surface area contributed by atoms with Crippen molar-refractivity contribution in [2.24, 2.45) is 0 Å². The first-order chi connectivity index (χ1) is 8.60. The Hall–Kier alpha value is -0.650. The van der Waals surface area contributed by atoms with Crippen molar-refractivity contribution < 1.29 is 13.9 Å².